The van der Waals surface area contributed by atoms with Crippen molar-refractivity contribution in [1.29, 1.82) is 0 Å². The average Bonchev–Trinajstić information content (AvgIpc) is 2.49. The number of hydrogen-bond donors (Lipinski definition) is 2. The lowest BCUT2D eigenvalue weighted by atomic mass is 10.2. The molecule has 7 nitrogen and oxygen atoms in total. The van der Waals surface area contributed by atoms with Gasteiger partial charge in [-0.05, 0) is 19.9 Å². The van der Waals surface area contributed by atoms with Crippen LogP contribution in [0.4, 0.5) is 17.3 Å². The molecule has 21 heavy (non-hydrogen) atoms. The first-order chi connectivity index (χ1) is 10.2. The number of piperazine rings is 1. The summed E-state index contributed by atoms with van der Waals surface area (Å²) in [4.78, 5) is 25.2. The molecule has 1 unspecified atom stereocenters. The Kier molecular flexibility index (Phi) is 3.92. The fourth-order valence-corrected chi connectivity index (χ4v) is 2.84. The summed E-state index contributed by atoms with van der Waals surface area (Å²) < 4.78 is 0. The van der Waals surface area contributed by atoms with Gasteiger partial charge in [0.25, 0.3) is 0 Å². The standard InChI is InChI=1S/C14H22N6O/c1-3-4-19-5-7-20(8-6-19)13-11-12(15-9-16-13)17-10(2)14(21)18-11/h9-10H,3-8H2,1-2H3,(H,18,21)(H,15,16,17). The SMILES string of the molecule is CCCN1CCN(c2ncnc3c2NC(=O)C(C)N3)CC1. The van der Waals surface area contributed by atoms with E-state index in [4.69, 9.17) is 0 Å². The number of amides is 1. The zero-order valence-corrected chi connectivity index (χ0v) is 12.6. The van der Waals surface area contributed by atoms with E-state index in [0.717, 1.165) is 38.5 Å². The Morgan fingerprint density at radius 2 is 2.05 bits per heavy atom. The van der Waals surface area contributed by atoms with Gasteiger partial charge in [0, 0.05) is 26.2 Å². The number of fused-ring (bicyclic) bond motifs is 1. The van der Waals surface area contributed by atoms with Crippen molar-refractivity contribution in [3.05, 3.63) is 6.33 Å². The Bertz CT molecular complexity index is 526. The van der Waals surface area contributed by atoms with Crippen LogP contribution in [0.1, 0.15) is 20.3 Å². The second-order valence-electron chi connectivity index (χ2n) is 5.60. The Hall–Kier alpha value is -1.89. The Labute approximate surface area is 124 Å². The molecule has 2 aliphatic rings. The molecule has 1 atom stereocenters. The minimum absolute atomic E-state index is 0.0387. The van der Waals surface area contributed by atoms with Gasteiger partial charge in [-0.2, -0.15) is 0 Å². The van der Waals surface area contributed by atoms with E-state index in [1.807, 2.05) is 6.92 Å². The second kappa shape index (κ2) is 5.85. The number of aromatic nitrogens is 2. The maximum absolute atomic E-state index is 11.9. The van der Waals surface area contributed by atoms with Crippen LogP contribution in [0.15, 0.2) is 6.33 Å². The molecule has 3 rings (SSSR count). The van der Waals surface area contributed by atoms with Crippen LogP contribution >= 0.6 is 0 Å². The molecule has 2 N–H and O–H groups in total. The van der Waals surface area contributed by atoms with E-state index >= 15 is 0 Å². The summed E-state index contributed by atoms with van der Waals surface area (Å²) in [5.74, 6) is 1.50. The summed E-state index contributed by atoms with van der Waals surface area (Å²) in [6.07, 6.45) is 2.74. The first kappa shape index (κ1) is 14.1. The van der Waals surface area contributed by atoms with Crippen molar-refractivity contribution in [2.75, 3.05) is 48.3 Å². The van der Waals surface area contributed by atoms with Gasteiger partial charge in [0.1, 0.15) is 18.1 Å². The van der Waals surface area contributed by atoms with Crippen molar-refractivity contribution in [2.45, 2.75) is 26.3 Å². The fourth-order valence-electron chi connectivity index (χ4n) is 2.84. The molecule has 1 fully saturated rings. The first-order valence-electron chi connectivity index (χ1n) is 7.58. The number of nitrogens with zero attached hydrogens (tertiary/aromatic N) is 4. The third kappa shape index (κ3) is 2.78. The highest BCUT2D eigenvalue weighted by atomic mass is 16.2. The number of carbonyl (C=O) groups is 1. The van der Waals surface area contributed by atoms with Crippen LogP contribution in [0.2, 0.25) is 0 Å². The smallest absolute Gasteiger partial charge is 0.246 e. The summed E-state index contributed by atoms with van der Waals surface area (Å²) in [5.41, 5.74) is 0.713. The van der Waals surface area contributed by atoms with Gasteiger partial charge in [0.2, 0.25) is 5.91 Å². The second-order valence-corrected chi connectivity index (χ2v) is 5.60. The third-order valence-electron chi connectivity index (χ3n) is 4.03. The number of hydrogen-bond acceptors (Lipinski definition) is 6. The molecular weight excluding hydrogens is 268 g/mol. The van der Waals surface area contributed by atoms with E-state index in [1.165, 1.54) is 6.42 Å². The molecule has 1 amide bonds. The minimum Gasteiger partial charge on any atom is -0.357 e. The molecule has 1 aromatic rings. The molecule has 0 bridgehead atoms. The molecule has 0 aliphatic carbocycles. The van der Waals surface area contributed by atoms with Gasteiger partial charge >= 0.3 is 0 Å². The molecule has 114 valence electrons. The van der Waals surface area contributed by atoms with E-state index in [1.54, 1.807) is 6.33 Å². The van der Waals surface area contributed by atoms with E-state index in [9.17, 15) is 4.79 Å². The lowest BCUT2D eigenvalue weighted by Gasteiger charge is -2.36. The van der Waals surface area contributed by atoms with Gasteiger partial charge in [-0.1, -0.05) is 6.92 Å². The van der Waals surface area contributed by atoms with Gasteiger partial charge in [0.05, 0.1) is 0 Å². The Morgan fingerprint density at radius 3 is 2.76 bits per heavy atom. The number of nitrogens with one attached hydrogen (secondary N) is 2. The van der Waals surface area contributed by atoms with Gasteiger partial charge in [-0.15, -0.1) is 0 Å². The van der Waals surface area contributed by atoms with E-state index in [0.29, 0.717) is 11.5 Å². The van der Waals surface area contributed by atoms with Gasteiger partial charge in [0.15, 0.2) is 11.6 Å². The summed E-state index contributed by atoms with van der Waals surface area (Å²) in [6, 6.07) is -0.262. The van der Waals surface area contributed by atoms with Crippen LogP contribution in [0, 0.1) is 0 Å². The molecule has 0 radical (unpaired) electrons. The zero-order chi connectivity index (χ0) is 14.8. The summed E-state index contributed by atoms with van der Waals surface area (Å²) >= 11 is 0. The lowest BCUT2D eigenvalue weighted by molar-refractivity contribution is -0.116. The highest BCUT2D eigenvalue weighted by molar-refractivity contribution is 6.04. The predicted molar refractivity (Wildman–Crippen MR) is 82.7 cm³/mol. The lowest BCUT2D eigenvalue weighted by Crippen LogP contribution is -2.47. The highest BCUT2D eigenvalue weighted by Crippen LogP contribution is 2.33. The molecule has 2 aliphatic heterocycles. The van der Waals surface area contributed by atoms with Crippen molar-refractivity contribution in [2.24, 2.45) is 0 Å². The summed E-state index contributed by atoms with van der Waals surface area (Å²) in [5, 5.41) is 6.05. The number of anilines is 3. The van der Waals surface area contributed by atoms with Crippen molar-refractivity contribution >= 4 is 23.2 Å². The molecular formula is C14H22N6O. The third-order valence-corrected chi connectivity index (χ3v) is 4.03. The number of carbonyl (C=O) groups excluding carboxylic acids is 1. The Morgan fingerprint density at radius 1 is 1.29 bits per heavy atom. The molecule has 3 heterocycles. The van der Waals surface area contributed by atoms with Gasteiger partial charge < -0.3 is 15.5 Å². The monoisotopic (exact) mass is 290 g/mol. The normalized spacial score (nSPS) is 22.5. The fraction of sp³-hybridized carbons (Fsp3) is 0.643. The van der Waals surface area contributed by atoms with Crippen LogP contribution in [0.5, 0.6) is 0 Å². The topological polar surface area (TPSA) is 73.4 Å². The number of rotatable bonds is 3. The highest BCUT2D eigenvalue weighted by Gasteiger charge is 2.28. The molecule has 1 saturated heterocycles. The average molecular weight is 290 g/mol. The van der Waals surface area contributed by atoms with Gasteiger partial charge in [-0.25, -0.2) is 9.97 Å². The molecule has 0 spiro atoms. The van der Waals surface area contributed by atoms with Crippen LogP contribution in [0.25, 0.3) is 0 Å². The van der Waals surface area contributed by atoms with Crippen LogP contribution in [-0.2, 0) is 4.79 Å². The van der Waals surface area contributed by atoms with Crippen LogP contribution in [-0.4, -0.2) is 59.5 Å². The van der Waals surface area contributed by atoms with Gasteiger partial charge in [-0.3, -0.25) is 9.69 Å². The van der Waals surface area contributed by atoms with E-state index in [-0.39, 0.29) is 11.9 Å². The first-order valence-corrected chi connectivity index (χ1v) is 7.58. The largest absolute Gasteiger partial charge is 0.357 e. The summed E-state index contributed by atoms with van der Waals surface area (Å²) in [7, 11) is 0. The summed E-state index contributed by atoms with van der Waals surface area (Å²) in [6.45, 7) is 9.09. The molecule has 0 aromatic carbocycles. The molecule has 7 heteroatoms. The van der Waals surface area contributed by atoms with Crippen molar-refractivity contribution < 1.29 is 4.79 Å². The molecule has 0 saturated carbocycles. The minimum atomic E-state index is -0.262. The van der Waals surface area contributed by atoms with Crippen molar-refractivity contribution in [3.8, 4) is 0 Å². The van der Waals surface area contributed by atoms with Crippen molar-refractivity contribution in [1.82, 2.24) is 14.9 Å². The quantitative estimate of drug-likeness (QED) is 0.856. The van der Waals surface area contributed by atoms with E-state index in [2.05, 4.69) is 37.3 Å². The van der Waals surface area contributed by atoms with Crippen LogP contribution in [0.3, 0.4) is 0 Å². The molecule has 1 aromatic heterocycles. The maximum Gasteiger partial charge on any atom is 0.246 e. The van der Waals surface area contributed by atoms with Crippen molar-refractivity contribution in [3.63, 3.8) is 0 Å². The van der Waals surface area contributed by atoms with E-state index < -0.39 is 0 Å². The zero-order valence-electron chi connectivity index (χ0n) is 12.6. The Balaban J connectivity index is 1.78. The predicted octanol–water partition coefficient (Wildman–Crippen LogP) is 0.761. The van der Waals surface area contributed by atoms with Crippen LogP contribution < -0.4 is 15.5 Å². The maximum atomic E-state index is 11.9.